The topological polar surface area (TPSA) is 29.9 Å². The second-order valence-electron chi connectivity index (χ2n) is 4.34. The van der Waals surface area contributed by atoms with E-state index in [2.05, 4.69) is 35.0 Å². The maximum absolute atomic E-state index is 4.45. The van der Waals surface area contributed by atoms with Crippen molar-refractivity contribution in [1.29, 1.82) is 0 Å². The third kappa shape index (κ3) is 1.82. The molecule has 1 aromatic heterocycles. The summed E-state index contributed by atoms with van der Waals surface area (Å²) >= 11 is 0. The van der Waals surface area contributed by atoms with Crippen LogP contribution in [-0.2, 0) is 0 Å². The summed E-state index contributed by atoms with van der Waals surface area (Å²) in [7, 11) is 0. The van der Waals surface area contributed by atoms with Gasteiger partial charge in [0.05, 0.1) is 6.04 Å². The van der Waals surface area contributed by atoms with Gasteiger partial charge in [-0.1, -0.05) is 13.8 Å². The molecule has 0 radical (unpaired) electrons. The molecule has 1 saturated heterocycles. The smallest absolute Gasteiger partial charge is 0.0546 e. The van der Waals surface area contributed by atoms with Crippen molar-refractivity contribution in [2.24, 2.45) is 0 Å². The Hall–Kier alpha value is -0.830. The molecule has 2 rings (SSSR count). The van der Waals surface area contributed by atoms with E-state index in [0.29, 0.717) is 12.0 Å². The molecule has 0 amide bonds. The lowest BCUT2D eigenvalue weighted by atomic mass is 10.0. The minimum atomic E-state index is 0.576. The van der Waals surface area contributed by atoms with E-state index in [0.717, 1.165) is 13.1 Å². The Morgan fingerprint density at radius 3 is 2.79 bits per heavy atom. The Morgan fingerprint density at radius 1 is 1.43 bits per heavy atom. The molecule has 0 unspecified atom stereocenters. The van der Waals surface area contributed by atoms with Crippen molar-refractivity contribution in [3.8, 4) is 0 Å². The minimum absolute atomic E-state index is 0.576. The van der Waals surface area contributed by atoms with Gasteiger partial charge in [0.25, 0.3) is 0 Å². The van der Waals surface area contributed by atoms with Gasteiger partial charge in [-0.2, -0.15) is 5.10 Å². The summed E-state index contributed by atoms with van der Waals surface area (Å²) in [6, 6.07) is 2.76. The zero-order valence-electron chi connectivity index (χ0n) is 9.03. The lowest BCUT2D eigenvalue weighted by Crippen LogP contribution is -2.30. The van der Waals surface area contributed by atoms with Crippen molar-refractivity contribution in [3.05, 3.63) is 18.0 Å². The molecule has 0 bridgehead atoms. The second kappa shape index (κ2) is 4.13. The molecule has 1 aliphatic rings. The molecule has 0 aliphatic carbocycles. The van der Waals surface area contributed by atoms with Crippen LogP contribution in [0.15, 0.2) is 12.3 Å². The second-order valence-corrected chi connectivity index (χ2v) is 4.34. The van der Waals surface area contributed by atoms with Crippen molar-refractivity contribution >= 4 is 0 Å². The van der Waals surface area contributed by atoms with E-state index in [1.165, 1.54) is 18.5 Å². The van der Waals surface area contributed by atoms with E-state index in [1.807, 2.05) is 6.20 Å². The van der Waals surface area contributed by atoms with Crippen molar-refractivity contribution in [2.45, 2.75) is 38.6 Å². The third-order valence-electron chi connectivity index (χ3n) is 2.95. The maximum atomic E-state index is 4.45. The van der Waals surface area contributed by atoms with E-state index in [9.17, 15) is 0 Å². The molecule has 78 valence electrons. The Morgan fingerprint density at radius 2 is 2.14 bits per heavy atom. The first-order valence-electron chi connectivity index (χ1n) is 5.53. The molecular formula is C11H19N3. The summed E-state index contributed by atoms with van der Waals surface area (Å²) in [6.07, 6.45) is 4.35. The van der Waals surface area contributed by atoms with Gasteiger partial charge in [-0.05, 0) is 37.9 Å². The molecule has 1 aromatic rings. The highest BCUT2D eigenvalue weighted by Crippen LogP contribution is 2.23. The highest BCUT2D eigenvalue weighted by molar-refractivity contribution is 5.07. The number of nitrogens with one attached hydrogen (secondary N) is 1. The standard InChI is InChI=1S/C11H19N3/c1-9(2)11-5-8-13-14(11)10-3-6-12-7-4-10/h5,8-10,12H,3-4,6-7H2,1-2H3. The molecular weight excluding hydrogens is 174 g/mol. The van der Waals surface area contributed by atoms with E-state index in [1.54, 1.807) is 0 Å². The molecule has 0 saturated carbocycles. The fraction of sp³-hybridized carbons (Fsp3) is 0.727. The molecule has 0 atom stereocenters. The number of hydrogen-bond acceptors (Lipinski definition) is 2. The predicted molar refractivity (Wildman–Crippen MR) is 57.5 cm³/mol. The molecule has 3 heteroatoms. The number of rotatable bonds is 2. The Bertz CT molecular complexity index is 284. The molecule has 3 nitrogen and oxygen atoms in total. The zero-order chi connectivity index (χ0) is 9.97. The first-order chi connectivity index (χ1) is 6.79. The predicted octanol–water partition coefficient (Wildman–Crippen LogP) is 1.93. The van der Waals surface area contributed by atoms with Crippen molar-refractivity contribution < 1.29 is 0 Å². The van der Waals surface area contributed by atoms with Crippen LogP contribution in [0.1, 0.15) is 44.3 Å². The molecule has 0 aromatic carbocycles. The number of nitrogens with zero attached hydrogens (tertiary/aromatic N) is 2. The van der Waals surface area contributed by atoms with Crippen LogP contribution < -0.4 is 5.32 Å². The Balaban J connectivity index is 2.17. The van der Waals surface area contributed by atoms with Gasteiger partial charge in [-0.3, -0.25) is 4.68 Å². The van der Waals surface area contributed by atoms with E-state index in [4.69, 9.17) is 0 Å². The number of piperidine rings is 1. The fourth-order valence-corrected chi connectivity index (χ4v) is 2.14. The van der Waals surface area contributed by atoms with E-state index in [-0.39, 0.29) is 0 Å². The quantitative estimate of drug-likeness (QED) is 0.777. The van der Waals surface area contributed by atoms with Crippen LogP contribution in [0.2, 0.25) is 0 Å². The van der Waals surface area contributed by atoms with Crippen LogP contribution in [0.5, 0.6) is 0 Å². The average Bonchev–Trinajstić information content (AvgIpc) is 2.67. The summed E-state index contributed by atoms with van der Waals surface area (Å²) in [4.78, 5) is 0. The third-order valence-corrected chi connectivity index (χ3v) is 2.95. The summed E-state index contributed by atoms with van der Waals surface area (Å²) in [6.45, 7) is 6.72. The molecule has 0 spiro atoms. The molecule has 1 fully saturated rings. The fourth-order valence-electron chi connectivity index (χ4n) is 2.14. The van der Waals surface area contributed by atoms with Gasteiger partial charge >= 0.3 is 0 Å². The first kappa shape index (κ1) is 9.71. The molecule has 14 heavy (non-hydrogen) atoms. The van der Waals surface area contributed by atoms with E-state index >= 15 is 0 Å². The monoisotopic (exact) mass is 193 g/mol. The SMILES string of the molecule is CC(C)c1ccnn1C1CCNCC1. The largest absolute Gasteiger partial charge is 0.317 e. The normalized spacial score (nSPS) is 19.1. The van der Waals surface area contributed by atoms with Crippen LogP contribution in [0.4, 0.5) is 0 Å². The van der Waals surface area contributed by atoms with Gasteiger partial charge in [0, 0.05) is 11.9 Å². The zero-order valence-corrected chi connectivity index (χ0v) is 9.03. The first-order valence-corrected chi connectivity index (χ1v) is 5.53. The van der Waals surface area contributed by atoms with Crippen LogP contribution in [-0.4, -0.2) is 22.9 Å². The van der Waals surface area contributed by atoms with Crippen LogP contribution in [0.3, 0.4) is 0 Å². The van der Waals surface area contributed by atoms with Gasteiger partial charge < -0.3 is 5.32 Å². The molecule has 2 heterocycles. The van der Waals surface area contributed by atoms with E-state index < -0.39 is 0 Å². The van der Waals surface area contributed by atoms with Gasteiger partial charge in [0.1, 0.15) is 0 Å². The summed E-state index contributed by atoms with van der Waals surface area (Å²) in [5, 5.41) is 7.83. The number of aromatic nitrogens is 2. The summed E-state index contributed by atoms with van der Waals surface area (Å²) in [5.74, 6) is 0.576. The highest BCUT2D eigenvalue weighted by Gasteiger charge is 2.18. The maximum Gasteiger partial charge on any atom is 0.0546 e. The Labute approximate surface area is 85.5 Å². The summed E-state index contributed by atoms with van der Waals surface area (Å²) in [5.41, 5.74) is 1.37. The van der Waals surface area contributed by atoms with Crippen molar-refractivity contribution in [2.75, 3.05) is 13.1 Å². The summed E-state index contributed by atoms with van der Waals surface area (Å²) < 4.78 is 2.23. The van der Waals surface area contributed by atoms with Crippen LogP contribution in [0.25, 0.3) is 0 Å². The lowest BCUT2D eigenvalue weighted by Gasteiger charge is -2.25. The van der Waals surface area contributed by atoms with Crippen LogP contribution in [0, 0.1) is 0 Å². The lowest BCUT2D eigenvalue weighted by molar-refractivity contribution is 0.332. The molecule has 1 aliphatic heterocycles. The Kier molecular flexibility index (Phi) is 2.87. The van der Waals surface area contributed by atoms with Gasteiger partial charge in [0.15, 0.2) is 0 Å². The van der Waals surface area contributed by atoms with Crippen molar-refractivity contribution in [3.63, 3.8) is 0 Å². The molecule has 1 N–H and O–H groups in total. The minimum Gasteiger partial charge on any atom is -0.317 e. The van der Waals surface area contributed by atoms with Crippen LogP contribution >= 0.6 is 0 Å². The van der Waals surface area contributed by atoms with Crippen molar-refractivity contribution in [1.82, 2.24) is 15.1 Å². The number of hydrogen-bond donors (Lipinski definition) is 1. The van der Waals surface area contributed by atoms with Gasteiger partial charge in [-0.25, -0.2) is 0 Å². The van der Waals surface area contributed by atoms with Gasteiger partial charge in [-0.15, -0.1) is 0 Å². The highest BCUT2D eigenvalue weighted by atomic mass is 15.3. The average molecular weight is 193 g/mol. The van der Waals surface area contributed by atoms with Gasteiger partial charge in [0.2, 0.25) is 0 Å².